The number of carbonyl (C=O) groups excluding carboxylic acids is 1. The van der Waals surface area contributed by atoms with Gasteiger partial charge in [-0.2, -0.15) is 0 Å². The zero-order valence-corrected chi connectivity index (χ0v) is 15.2. The highest BCUT2D eigenvalue weighted by Gasteiger charge is 2.31. The molecule has 0 heterocycles. The summed E-state index contributed by atoms with van der Waals surface area (Å²) in [6.45, 7) is 0.728. The highest BCUT2D eigenvalue weighted by molar-refractivity contribution is 9.10. The molecular weight excluding hydrogens is 405 g/mol. The van der Waals surface area contributed by atoms with E-state index in [0.717, 1.165) is 16.3 Å². The van der Waals surface area contributed by atoms with Gasteiger partial charge in [0.1, 0.15) is 0 Å². The van der Waals surface area contributed by atoms with E-state index in [-0.39, 0.29) is 11.3 Å². The number of nitrogens with one attached hydrogen (secondary N) is 1. The van der Waals surface area contributed by atoms with Gasteiger partial charge in [-0.05, 0) is 52.4 Å². The minimum atomic E-state index is -0.0422. The Labute approximate surface area is 141 Å². The molecule has 0 spiro atoms. The summed E-state index contributed by atoms with van der Waals surface area (Å²) in [6, 6.07) is 5.24. The van der Waals surface area contributed by atoms with Crippen molar-refractivity contribution in [3.63, 3.8) is 0 Å². The zero-order valence-electron chi connectivity index (χ0n) is 11.2. The van der Waals surface area contributed by atoms with Crippen LogP contribution in [-0.4, -0.2) is 17.8 Å². The van der Waals surface area contributed by atoms with Crippen LogP contribution in [0, 0.1) is 5.41 Å². The van der Waals surface area contributed by atoms with Gasteiger partial charge in [0, 0.05) is 21.4 Å². The number of rotatable bonds is 4. The summed E-state index contributed by atoms with van der Waals surface area (Å²) < 4.78 is 0.735. The molecule has 0 radical (unpaired) electrons. The first-order valence-electron chi connectivity index (χ1n) is 6.86. The van der Waals surface area contributed by atoms with Crippen LogP contribution < -0.4 is 5.32 Å². The maximum atomic E-state index is 12.3. The number of hydrogen-bond acceptors (Lipinski definition) is 1. The van der Waals surface area contributed by atoms with Crippen LogP contribution in [0.5, 0.6) is 0 Å². The molecule has 1 N–H and O–H groups in total. The van der Waals surface area contributed by atoms with Crippen molar-refractivity contribution in [2.75, 3.05) is 11.9 Å². The maximum Gasteiger partial charge on any atom is 0.252 e. The lowest BCUT2D eigenvalue weighted by atomic mass is 9.75. The van der Waals surface area contributed by atoms with Gasteiger partial charge in [0.25, 0.3) is 5.91 Å². The first-order valence-corrected chi connectivity index (χ1v) is 9.15. The number of benzene rings is 1. The lowest BCUT2D eigenvalue weighted by molar-refractivity contribution is 0.0921. The predicted octanol–water partition coefficient (Wildman–Crippen LogP) is 5.18. The van der Waals surface area contributed by atoms with Crippen molar-refractivity contribution < 1.29 is 4.79 Å². The van der Waals surface area contributed by atoms with Gasteiger partial charge in [0.05, 0.1) is 5.56 Å². The van der Waals surface area contributed by atoms with Gasteiger partial charge in [-0.1, -0.05) is 46.8 Å². The molecule has 1 aliphatic rings. The summed E-state index contributed by atoms with van der Waals surface area (Å²) in [5.41, 5.74) is 0.849. The molecule has 2 rings (SSSR count). The van der Waals surface area contributed by atoms with E-state index in [2.05, 4.69) is 37.2 Å². The molecule has 0 bridgehead atoms. The van der Waals surface area contributed by atoms with Crippen LogP contribution in [0.3, 0.4) is 0 Å². The van der Waals surface area contributed by atoms with Crippen molar-refractivity contribution in [1.29, 1.82) is 0 Å². The van der Waals surface area contributed by atoms with Crippen LogP contribution in [0.2, 0.25) is 5.02 Å². The van der Waals surface area contributed by atoms with Crippen LogP contribution in [0.25, 0.3) is 0 Å². The largest absolute Gasteiger partial charge is 0.351 e. The van der Waals surface area contributed by atoms with E-state index in [1.807, 2.05) is 0 Å². The molecule has 2 nitrogen and oxygen atoms in total. The Morgan fingerprint density at radius 3 is 2.60 bits per heavy atom. The summed E-state index contributed by atoms with van der Waals surface area (Å²) in [4.78, 5) is 12.3. The standard InChI is InChI=1S/C15H18Br2ClNO/c16-9-15(6-2-1-3-7-15)10-19-14(20)12-5-4-11(18)8-13(12)17/h4-5,8H,1-3,6-7,9-10H2,(H,19,20). The average molecular weight is 424 g/mol. The van der Waals surface area contributed by atoms with Crippen molar-refractivity contribution in [2.24, 2.45) is 5.41 Å². The molecule has 1 aromatic rings. The second-order valence-corrected chi connectivity index (χ2v) is 7.35. The molecule has 0 saturated heterocycles. The van der Waals surface area contributed by atoms with Gasteiger partial charge >= 0.3 is 0 Å². The van der Waals surface area contributed by atoms with E-state index < -0.39 is 0 Å². The second kappa shape index (κ2) is 7.28. The van der Waals surface area contributed by atoms with Crippen LogP contribution >= 0.6 is 43.5 Å². The molecule has 1 aromatic carbocycles. The number of alkyl halides is 1. The fourth-order valence-corrected chi connectivity index (χ4v) is 4.32. The average Bonchev–Trinajstić information content (AvgIpc) is 2.46. The Balaban J connectivity index is 2.00. The minimum Gasteiger partial charge on any atom is -0.351 e. The summed E-state index contributed by atoms with van der Waals surface area (Å²) in [5.74, 6) is -0.0422. The van der Waals surface area contributed by atoms with Crippen molar-refractivity contribution in [3.05, 3.63) is 33.3 Å². The first kappa shape index (κ1) is 16.3. The molecular formula is C15H18Br2ClNO. The molecule has 110 valence electrons. The lowest BCUT2D eigenvalue weighted by Crippen LogP contribution is -2.40. The van der Waals surface area contributed by atoms with Crippen LogP contribution in [0.15, 0.2) is 22.7 Å². The van der Waals surface area contributed by atoms with Gasteiger partial charge in [-0.25, -0.2) is 0 Å². The summed E-state index contributed by atoms with van der Waals surface area (Å²) >= 11 is 12.9. The monoisotopic (exact) mass is 421 g/mol. The number of halogens is 3. The topological polar surface area (TPSA) is 29.1 Å². The Kier molecular flexibility index (Phi) is 5.94. The highest BCUT2D eigenvalue weighted by Crippen LogP contribution is 2.37. The predicted molar refractivity (Wildman–Crippen MR) is 90.8 cm³/mol. The van der Waals surface area contributed by atoms with E-state index in [1.54, 1.807) is 18.2 Å². The molecule has 1 saturated carbocycles. The molecule has 1 fully saturated rings. The normalized spacial score (nSPS) is 17.8. The number of amides is 1. The van der Waals surface area contributed by atoms with Gasteiger partial charge in [-0.3, -0.25) is 4.79 Å². The summed E-state index contributed by atoms with van der Waals surface area (Å²) in [7, 11) is 0. The molecule has 0 aromatic heterocycles. The maximum absolute atomic E-state index is 12.3. The zero-order chi connectivity index (χ0) is 14.6. The van der Waals surface area contributed by atoms with E-state index in [1.165, 1.54) is 32.1 Å². The van der Waals surface area contributed by atoms with Gasteiger partial charge in [0.15, 0.2) is 0 Å². The molecule has 0 atom stereocenters. The molecule has 5 heteroatoms. The first-order chi connectivity index (χ1) is 9.56. The van der Waals surface area contributed by atoms with Gasteiger partial charge < -0.3 is 5.32 Å². The van der Waals surface area contributed by atoms with E-state index in [9.17, 15) is 4.79 Å². The van der Waals surface area contributed by atoms with Crippen LogP contribution in [-0.2, 0) is 0 Å². The summed E-state index contributed by atoms with van der Waals surface area (Å²) in [5, 5.41) is 4.65. The van der Waals surface area contributed by atoms with Gasteiger partial charge in [0.2, 0.25) is 0 Å². The molecule has 0 unspecified atom stereocenters. The molecule has 20 heavy (non-hydrogen) atoms. The van der Waals surface area contributed by atoms with Crippen molar-refractivity contribution in [1.82, 2.24) is 5.32 Å². The molecule has 1 amide bonds. The van der Waals surface area contributed by atoms with Crippen molar-refractivity contribution in [3.8, 4) is 0 Å². The third-order valence-electron chi connectivity index (χ3n) is 4.00. The van der Waals surface area contributed by atoms with Crippen LogP contribution in [0.1, 0.15) is 42.5 Å². The van der Waals surface area contributed by atoms with Crippen molar-refractivity contribution in [2.45, 2.75) is 32.1 Å². The number of hydrogen-bond donors (Lipinski definition) is 1. The fraction of sp³-hybridized carbons (Fsp3) is 0.533. The summed E-state index contributed by atoms with van der Waals surface area (Å²) in [6.07, 6.45) is 6.18. The second-order valence-electron chi connectivity index (χ2n) is 5.50. The Morgan fingerprint density at radius 2 is 2.00 bits per heavy atom. The SMILES string of the molecule is O=C(NCC1(CBr)CCCCC1)c1ccc(Cl)cc1Br. The van der Waals surface area contributed by atoms with Crippen molar-refractivity contribution >= 4 is 49.4 Å². The Hall–Kier alpha value is -0.0600. The fourth-order valence-electron chi connectivity index (χ4n) is 2.70. The van der Waals surface area contributed by atoms with Gasteiger partial charge in [-0.15, -0.1) is 0 Å². The quantitative estimate of drug-likeness (QED) is 0.665. The third-order valence-corrected chi connectivity index (χ3v) is 6.08. The Morgan fingerprint density at radius 1 is 1.30 bits per heavy atom. The smallest absolute Gasteiger partial charge is 0.252 e. The number of carbonyl (C=O) groups is 1. The van der Waals surface area contributed by atoms with E-state index >= 15 is 0 Å². The molecule has 0 aliphatic heterocycles. The third kappa shape index (κ3) is 3.99. The minimum absolute atomic E-state index is 0.0422. The van der Waals surface area contributed by atoms with Crippen LogP contribution in [0.4, 0.5) is 0 Å². The van der Waals surface area contributed by atoms with E-state index in [0.29, 0.717) is 10.6 Å². The highest BCUT2D eigenvalue weighted by atomic mass is 79.9. The molecule has 1 aliphatic carbocycles. The Bertz CT molecular complexity index is 487. The lowest BCUT2D eigenvalue weighted by Gasteiger charge is -2.35. The van der Waals surface area contributed by atoms with E-state index in [4.69, 9.17) is 11.6 Å².